The fourth-order valence-corrected chi connectivity index (χ4v) is 3.72. The van der Waals surface area contributed by atoms with Crippen LogP contribution in [0.25, 0.3) is 0 Å². The van der Waals surface area contributed by atoms with E-state index in [1.54, 1.807) is 23.1 Å². The minimum Gasteiger partial charge on any atom is -0.435 e. The van der Waals surface area contributed by atoms with Gasteiger partial charge in [-0.15, -0.1) is 11.3 Å². The number of ether oxygens (including phenoxy) is 1. The molecule has 0 spiro atoms. The van der Waals surface area contributed by atoms with Gasteiger partial charge < -0.3 is 10.1 Å². The van der Waals surface area contributed by atoms with Gasteiger partial charge in [-0.3, -0.25) is 9.69 Å². The number of carbonyl (C=O) groups excluding carboxylic acids is 1. The quantitative estimate of drug-likeness (QED) is 0.691. The second-order valence-corrected chi connectivity index (χ2v) is 6.63. The number of nitrogens with one attached hydrogen (secondary N) is 1. The zero-order valence-corrected chi connectivity index (χ0v) is 14.2. The van der Waals surface area contributed by atoms with E-state index in [4.69, 9.17) is 0 Å². The van der Waals surface area contributed by atoms with Crippen LogP contribution in [-0.2, 0) is 0 Å². The minimum absolute atomic E-state index is 0.0502. The molecule has 1 aliphatic rings. The van der Waals surface area contributed by atoms with Gasteiger partial charge in [0.05, 0.1) is 5.56 Å². The molecule has 1 unspecified atom stereocenters. The predicted octanol–water partition coefficient (Wildman–Crippen LogP) is 5.12. The lowest BCUT2D eigenvalue weighted by molar-refractivity contribution is -0.0498. The molecule has 3 aromatic rings. The molecule has 26 heavy (non-hydrogen) atoms. The van der Waals surface area contributed by atoms with Crippen LogP contribution in [0.5, 0.6) is 5.75 Å². The first kappa shape index (κ1) is 16.5. The number of thiophene rings is 1. The average molecular weight is 372 g/mol. The third kappa shape index (κ3) is 3.01. The highest BCUT2D eigenvalue weighted by molar-refractivity contribution is 7.10. The van der Waals surface area contributed by atoms with Gasteiger partial charge in [0.1, 0.15) is 11.9 Å². The highest BCUT2D eigenvalue weighted by Crippen LogP contribution is 2.38. The van der Waals surface area contributed by atoms with E-state index in [0.29, 0.717) is 11.3 Å². The van der Waals surface area contributed by atoms with Gasteiger partial charge in [-0.2, -0.15) is 8.78 Å². The topological polar surface area (TPSA) is 41.6 Å². The molecule has 2 heterocycles. The fraction of sp³-hybridized carbons (Fsp3) is 0.105. The maximum Gasteiger partial charge on any atom is 0.387 e. The summed E-state index contributed by atoms with van der Waals surface area (Å²) in [4.78, 5) is 15.7. The summed E-state index contributed by atoms with van der Waals surface area (Å²) in [6.07, 6.45) is -0.376. The molecule has 132 valence electrons. The van der Waals surface area contributed by atoms with E-state index < -0.39 is 6.61 Å². The molecule has 4 nitrogen and oxygen atoms in total. The molecule has 0 saturated carbocycles. The van der Waals surface area contributed by atoms with Gasteiger partial charge in [0.2, 0.25) is 0 Å². The van der Waals surface area contributed by atoms with Gasteiger partial charge in [0.15, 0.2) is 0 Å². The molecule has 0 saturated heterocycles. The second-order valence-electron chi connectivity index (χ2n) is 5.66. The molecule has 0 radical (unpaired) electrons. The van der Waals surface area contributed by atoms with Crippen molar-refractivity contribution in [2.75, 3.05) is 10.2 Å². The number of alkyl halides is 2. The van der Waals surface area contributed by atoms with Gasteiger partial charge in [-0.1, -0.05) is 18.2 Å². The lowest BCUT2D eigenvalue weighted by Crippen LogP contribution is -2.42. The van der Waals surface area contributed by atoms with Crippen LogP contribution in [-0.4, -0.2) is 12.5 Å². The number of fused-ring (bicyclic) bond motifs is 1. The number of carbonyl (C=O) groups is 1. The summed E-state index contributed by atoms with van der Waals surface area (Å²) in [6.45, 7) is -2.88. The Balaban J connectivity index is 1.75. The summed E-state index contributed by atoms with van der Waals surface area (Å²) in [5.74, 6) is -0.102. The van der Waals surface area contributed by atoms with Crippen molar-refractivity contribution in [1.29, 1.82) is 0 Å². The Labute approximate surface area is 152 Å². The highest BCUT2D eigenvalue weighted by Gasteiger charge is 2.34. The van der Waals surface area contributed by atoms with Gasteiger partial charge in [0.25, 0.3) is 5.91 Å². The Bertz CT molecular complexity index is 914. The summed E-state index contributed by atoms with van der Waals surface area (Å²) in [6, 6.07) is 17.2. The molecule has 0 aliphatic carbocycles. The van der Waals surface area contributed by atoms with E-state index >= 15 is 0 Å². The number of rotatable bonds is 4. The Hall–Kier alpha value is -2.93. The average Bonchev–Trinajstić information content (AvgIpc) is 3.17. The van der Waals surface area contributed by atoms with Crippen molar-refractivity contribution in [2.24, 2.45) is 0 Å². The molecular weight excluding hydrogens is 358 g/mol. The second kappa shape index (κ2) is 6.76. The SMILES string of the molecule is O=C1c2ccccc2NC(c2cccs2)N1c1ccc(OC(F)F)cc1. The number of halogens is 2. The summed E-state index contributed by atoms with van der Waals surface area (Å²) in [5, 5.41) is 5.33. The maximum atomic E-state index is 13.1. The van der Waals surface area contributed by atoms with Gasteiger partial charge >= 0.3 is 6.61 Å². The zero-order valence-electron chi connectivity index (χ0n) is 13.4. The maximum absolute atomic E-state index is 13.1. The minimum atomic E-state index is -2.88. The van der Waals surface area contributed by atoms with Gasteiger partial charge in [-0.05, 0) is 47.8 Å². The van der Waals surface area contributed by atoms with Crippen LogP contribution >= 0.6 is 11.3 Å². The van der Waals surface area contributed by atoms with E-state index in [0.717, 1.165) is 10.6 Å². The lowest BCUT2D eigenvalue weighted by atomic mass is 10.1. The first-order chi connectivity index (χ1) is 12.6. The van der Waals surface area contributed by atoms with E-state index in [2.05, 4.69) is 10.1 Å². The number of anilines is 2. The summed E-state index contributed by atoms with van der Waals surface area (Å²) in [7, 11) is 0. The van der Waals surface area contributed by atoms with Crippen molar-refractivity contribution in [3.8, 4) is 5.75 Å². The number of amides is 1. The standard InChI is InChI=1S/C19H14F2N2O2S/c20-19(21)25-13-9-7-12(8-10-13)23-17(16-6-3-11-26-16)22-15-5-2-1-4-14(15)18(23)24/h1-11,17,19,22H. The number of hydrogen-bond donors (Lipinski definition) is 1. The molecule has 1 amide bonds. The van der Waals surface area contributed by atoms with Crippen LogP contribution in [0, 0.1) is 0 Å². The molecule has 1 atom stereocenters. The Morgan fingerprint density at radius 1 is 1.04 bits per heavy atom. The number of nitrogens with zero attached hydrogens (tertiary/aromatic N) is 1. The third-order valence-electron chi connectivity index (χ3n) is 4.08. The van der Waals surface area contributed by atoms with Gasteiger partial charge in [0, 0.05) is 16.3 Å². The normalized spacial score (nSPS) is 16.3. The first-order valence-electron chi connectivity index (χ1n) is 7.91. The van der Waals surface area contributed by atoms with Gasteiger partial charge in [-0.25, -0.2) is 0 Å². The highest BCUT2D eigenvalue weighted by atomic mass is 32.1. The first-order valence-corrected chi connectivity index (χ1v) is 8.79. The van der Waals surface area contributed by atoms with Crippen molar-refractivity contribution >= 4 is 28.6 Å². The fourth-order valence-electron chi connectivity index (χ4n) is 2.95. The van der Waals surface area contributed by atoms with Crippen LogP contribution in [0.2, 0.25) is 0 Å². The third-order valence-corrected chi connectivity index (χ3v) is 5.00. The van der Waals surface area contributed by atoms with Crippen LogP contribution in [0.3, 0.4) is 0 Å². The van der Waals surface area contributed by atoms with Crippen LogP contribution < -0.4 is 15.0 Å². The Morgan fingerprint density at radius 2 is 1.81 bits per heavy atom. The summed E-state index contributed by atoms with van der Waals surface area (Å²) >= 11 is 1.54. The van der Waals surface area contributed by atoms with Crippen LogP contribution in [0.4, 0.5) is 20.2 Å². The molecule has 0 bridgehead atoms. The molecule has 2 aromatic carbocycles. The lowest BCUT2D eigenvalue weighted by Gasteiger charge is -2.37. The number of para-hydroxylation sites is 1. The Kier molecular flexibility index (Phi) is 4.30. The van der Waals surface area contributed by atoms with Crippen molar-refractivity contribution in [1.82, 2.24) is 0 Å². The molecule has 7 heteroatoms. The largest absolute Gasteiger partial charge is 0.435 e. The number of benzene rings is 2. The van der Waals surface area contributed by atoms with E-state index in [1.165, 1.54) is 23.5 Å². The van der Waals surface area contributed by atoms with Crippen LogP contribution in [0.15, 0.2) is 66.0 Å². The summed E-state index contributed by atoms with van der Waals surface area (Å²) in [5.41, 5.74) is 1.93. The van der Waals surface area contributed by atoms with Crippen molar-refractivity contribution < 1.29 is 18.3 Å². The Morgan fingerprint density at radius 3 is 2.50 bits per heavy atom. The van der Waals surface area contributed by atoms with E-state index in [1.807, 2.05) is 35.7 Å². The van der Waals surface area contributed by atoms with Crippen molar-refractivity contribution in [3.63, 3.8) is 0 Å². The van der Waals surface area contributed by atoms with E-state index in [9.17, 15) is 13.6 Å². The number of hydrogen-bond acceptors (Lipinski definition) is 4. The van der Waals surface area contributed by atoms with E-state index in [-0.39, 0.29) is 17.8 Å². The zero-order chi connectivity index (χ0) is 18.1. The summed E-state index contributed by atoms with van der Waals surface area (Å²) < 4.78 is 29.1. The molecule has 4 rings (SSSR count). The van der Waals surface area contributed by atoms with Crippen LogP contribution in [0.1, 0.15) is 21.4 Å². The molecule has 1 aliphatic heterocycles. The monoisotopic (exact) mass is 372 g/mol. The molecular formula is C19H14F2N2O2S. The molecule has 1 aromatic heterocycles. The molecule has 0 fully saturated rings. The van der Waals surface area contributed by atoms with Crippen molar-refractivity contribution in [3.05, 3.63) is 76.5 Å². The predicted molar refractivity (Wildman–Crippen MR) is 97.0 cm³/mol. The molecule has 1 N–H and O–H groups in total. The van der Waals surface area contributed by atoms with Crippen molar-refractivity contribution in [2.45, 2.75) is 12.8 Å². The smallest absolute Gasteiger partial charge is 0.387 e.